The molecule has 0 aliphatic rings. The van der Waals surface area contributed by atoms with Gasteiger partial charge in [0.05, 0.1) is 17.7 Å². The zero-order chi connectivity index (χ0) is 11.5. The summed E-state index contributed by atoms with van der Waals surface area (Å²) in [6.45, 7) is 4.36. The Morgan fingerprint density at radius 1 is 1.50 bits per heavy atom. The highest BCUT2D eigenvalue weighted by atomic mass is 16.5. The summed E-state index contributed by atoms with van der Waals surface area (Å²) in [5, 5.41) is 16.8. The van der Waals surface area contributed by atoms with Crippen LogP contribution in [0, 0.1) is 11.3 Å². The van der Waals surface area contributed by atoms with Crippen molar-refractivity contribution in [3.63, 3.8) is 0 Å². The zero-order valence-corrected chi connectivity index (χ0v) is 9.21. The summed E-state index contributed by atoms with van der Waals surface area (Å²) in [7, 11) is 0. The molecule has 0 aliphatic heterocycles. The molecule has 0 aromatic carbocycles. The molecule has 2 aromatic heterocycles. The van der Waals surface area contributed by atoms with Crippen molar-refractivity contribution < 1.29 is 4.74 Å². The van der Waals surface area contributed by atoms with Crippen LogP contribution in [0.2, 0.25) is 0 Å². The van der Waals surface area contributed by atoms with Crippen LogP contribution in [-0.4, -0.2) is 20.7 Å². The highest BCUT2D eigenvalue weighted by Crippen LogP contribution is 2.08. The maximum atomic E-state index is 8.75. The summed E-state index contributed by atoms with van der Waals surface area (Å²) < 4.78 is 7.29. The topological polar surface area (TPSA) is 63.2 Å². The van der Waals surface area contributed by atoms with Crippen molar-refractivity contribution in [3.05, 3.63) is 29.7 Å². The molecule has 0 radical (unpaired) electrons. The second-order valence-electron chi connectivity index (χ2n) is 3.73. The highest BCUT2D eigenvalue weighted by molar-refractivity contribution is 5.45. The molecule has 82 valence electrons. The standard InChI is InChI=1S/C11H12N4O/c1-8(2)16-7-11-14-13-10-5-9(6-12)3-4-15(10)11/h3-5,8H,7H2,1-2H3. The minimum Gasteiger partial charge on any atom is -0.371 e. The maximum Gasteiger partial charge on any atom is 0.163 e. The minimum absolute atomic E-state index is 0.158. The summed E-state index contributed by atoms with van der Waals surface area (Å²) in [6, 6.07) is 5.50. The largest absolute Gasteiger partial charge is 0.371 e. The smallest absolute Gasteiger partial charge is 0.163 e. The number of pyridine rings is 1. The summed E-state index contributed by atoms with van der Waals surface area (Å²) in [5.74, 6) is 0.744. The molecule has 0 saturated carbocycles. The van der Waals surface area contributed by atoms with Gasteiger partial charge >= 0.3 is 0 Å². The number of fused-ring (bicyclic) bond motifs is 1. The minimum atomic E-state index is 0.158. The Kier molecular flexibility index (Phi) is 2.84. The number of nitriles is 1. The number of hydrogen-bond donors (Lipinski definition) is 0. The van der Waals surface area contributed by atoms with Crippen LogP contribution in [-0.2, 0) is 11.3 Å². The van der Waals surface area contributed by atoms with Gasteiger partial charge in [0.25, 0.3) is 0 Å². The van der Waals surface area contributed by atoms with E-state index >= 15 is 0 Å². The molecule has 0 atom stereocenters. The first-order chi connectivity index (χ1) is 7.70. The van der Waals surface area contributed by atoms with E-state index in [9.17, 15) is 0 Å². The second-order valence-corrected chi connectivity index (χ2v) is 3.73. The lowest BCUT2D eigenvalue weighted by molar-refractivity contribution is 0.0608. The van der Waals surface area contributed by atoms with E-state index in [1.807, 2.05) is 18.2 Å². The first-order valence-corrected chi connectivity index (χ1v) is 5.06. The van der Waals surface area contributed by atoms with Gasteiger partial charge in [-0.2, -0.15) is 5.26 Å². The summed E-state index contributed by atoms with van der Waals surface area (Å²) in [5.41, 5.74) is 1.25. The van der Waals surface area contributed by atoms with Crippen LogP contribution < -0.4 is 0 Å². The van der Waals surface area contributed by atoms with Gasteiger partial charge in [0, 0.05) is 12.3 Å². The van der Waals surface area contributed by atoms with E-state index in [0.29, 0.717) is 17.8 Å². The molecule has 0 fully saturated rings. The van der Waals surface area contributed by atoms with Crippen LogP contribution in [0.4, 0.5) is 0 Å². The van der Waals surface area contributed by atoms with Crippen molar-refractivity contribution in [2.45, 2.75) is 26.6 Å². The van der Waals surface area contributed by atoms with Crippen molar-refractivity contribution in [2.24, 2.45) is 0 Å². The van der Waals surface area contributed by atoms with Crippen molar-refractivity contribution in [1.82, 2.24) is 14.6 Å². The average Bonchev–Trinajstić information content (AvgIpc) is 2.68. The fourth-order valence-corrected chi connectivity index (χ4v) is 1.35. The molecule has 0 saturated heterocycles. The quantitative estimate of drug-likeness (QED) is 0.780. The van der Waals surface area contributed by atoms with E-state index in [-0.39, 0.29) is 6.10 Å². The number of aromatic nitrogens is 3. The van der Waals surface area contributed by atoms with Gasteiger partial charge in [-0.15, -0.1) is 10.2 Å². The van der Waals surface area contributed by atoms with Gasteiger partial charge < -0.3 is 4.74 Å². The monoisotopic (exact) mass is 216 g/mol. The lowest BCUT2D eigenvalue weighted by atomic mass is 10.3. The number of ether oxygens (including phenoxy) is 1. The van der Waals surface area contributed by atoms with Crippen LogP contribution in [0.1, 0.15) is 25.2 Å². The molecule has 0 unspecified atom stereocenters. The number of rotatable bonds is 3. The third-order valence-electron chi connectivity index (χ3n) is 2.16. The third-order valence-corrected chi connectivity index (χ3v) is 2.16. The van der Waals surface area contributed by atoms with Gasteiger partial charge in [0.2, 0.25) is 0 Å². The van der Waals surface area contributed by atoms with E-state index in [1.165, 1.54) is 0 Å². The predicted molar refractivity (Wildman–Crippen MR) is 57.6 cm³/mol. The van der Waals surface area contributed by atoms with Crippen LogP contribution in [0.5, 0.6) is 0 Å². The van der Waals surface area contributed by atoms with Crippen molar-refractivity contribution in [3.8, 4) is 6.07 Å². The van der Waals surface area contributed by atoms with Gasteiger partial charge in [-0.05, 0) is 19.9 Å². The van der Waals surface area contributed by atoms with Crippen LogP contribution >= 0.6 is 0 Å². The zero-order valence-electron chi connectivity index (χ0n) is 9.21. The molecule has 0 spiro atoms. The molecule has 0 aliphatic carbocycles. The molecule has 5 nitrogen and oxygen atoms in total. The van der Waals surface area contributed by atoms with E-state index in [2.05, 4.69) is 16.3 Å². The van der Waals surface area contributed by atoms with Gasteiger partial charge in [0.15, 0.2) is 11.5 Å². The van der Waals surface area contributed by atoms with Gasteiger partial charge in [-0.3, -0.25) is 4.40 Å². The number of hydrogen-bond acceptors (Lipinski definition) is 4. The van der Waals surface area contributed by atoms with E-state index < -0.39 is 0 Å². The van der Waals surface area contributed by atoms with Gasteiger partial charge in [0.1, 0.15) is 6.61 Å². The fraction of sp³-hybridized carbons (Fsp3) is 0.364. The molecular weight excluding hydrogens is 204 g/mol. The normalized spacial score (nSPS) is 10.9. The Morgan fingerprint density at radius 2 is 2.31 bits per heavy atom. The van der Waals surface area contributed by atoms with Crippen LogP contribution in [0.15, 0.2) is 18.3 Å². The highest BCUT2D eigenvalue weighted by Gasteiger charge is 2.06. The fourth-order valence-electron chi connectivity index (χ4n) is 1.35. The van der Waals surface area contributed by atoms with E-state index in [4.69, 9.17) is 10.00 Å². The molecule has 16 heavy (non-hydrogen) atoms. The average molecular weight is 216 g/mol. The molecule has 2 heterocycles. The molecule has 5 heteroatoms. The predicted octanol–water partition coefficient (Wildman–Crippen LogP) is 1.53. The first kappa shape index (κ1) is 10.6. The molecule has 0 amide bonds. The number of nitrogens with zero attached hydrogens (tertiary/aromatic N) is 4. The molecule has 2 aromatic rings. The first-order valence-electron chi connectivity index (χ1n) is 5.06. The summed E-state index contributed by atoms with van der Waals surface area (Å²) in [6.07, 6.45) is 1.94. The van der Waals surface area contributed by atoms with Crippen LogP contribution in [0.25, 0.3) is 5.65 Å². The van der Waals surface area contributed by atoms with Gasteiger partial charge in [-0.25, -0.2) is 0 Å². The molecule has 0 bridgehead atoms. The SMILES string of the molecule is CC(C)OCc1nnc2cc(C#N)ccn12. The third kappa shape index (κ3) is 2.02. The van der Waals surface area contributed by atoms with E-state index in [0.717, 1.165) is 5.82 Å². The lowest BCUT2D eigenvalue weighted by Gasteiger charge is -2.05. The lowest BCUT2D eigenvalue weighted by Crippen LogP contribution is -2.05. The Labute approximate surface area is 93.3 Å². The van der Waals surface area contributed by atoms with Crippen molar-refractivity contribution in [2.75, 3.05) is 0 Å². The van der Waals surface area contributed by atoms with Crippen molar-refractivity contribution in [1.29, 1.82) is 5.26 Å². The maximum absolute atomic E-state index is 8.75. The second kappa shape index (κ2) is 4.29. The Bertz CT molecular complexity index is 538. The molecule has 2 rings (SSSR count). The van der Waals surface area contributed by atoms with Crippen LogP contribution in [0.3, 0.4) is 0 Å². The summed E-state index contributed by atoms with van der Waals surface area (Å²) >= 11 is 0. The Morgan fingerprint density at radius 3 is 3.00 bits per heavy atom. The van der Waals surface area contributed by atoms with Gasteiger partial charge in [-0.1, -0.05) is 0 Å². The van der Waals surface area contributed by atoms with Crippen molar-refractivity contribution >= 4 is 5.65 Å². The molecular formula is C11H12N4O. The Hall–Kier alpha value is -1.93. The Balaban J connectivity index is 2.31. The van der Waals surface area contributed by atoms with E-state index in [1.54, 1.807) is 18.3 Å². The summed E-state index contributed by atoms with van der Waals surface area (Å²) in [4.78, 5) is 0. The molecule has 0 N–H and O–H groups in total.